The summed E-state index contributed by atoms with van der Waals surface area (Å²) < 4.78 is 0. The first-order valence-electron chi connectivity index (χ1n) is 10.2. The molecule has 5 rings (SSSR count). The van der Waals surface area contributed by atoms with Gasteiger partial charge in [0, 0.05) is 46.7 Å². The minimum atomic E-state index is 0.00689. The standard InChI is InChI=1S/C24H23ClN4O/c25-17-5-6-18-21(14-27-22(18)13-17)16-7-10-28(11-8-16)12-9-20-19-3-1-2-4-23(19)29(26)24(20)15-30/h1-7,13-14,20,27H,8-12,26H2. The van der Waals surface area contributed by atoms with E-state index >= 15 is 0 Å². The van der Waals surface area contributed by atoms with Gasteiger partial charge in [0.2, 0.25) is 0 Å². The number of hydrazine groups is 1. The largest absolute Gasteiger partial charge is 0.361 e. The Labute approximate surface area is 180 Å². The Bertz CT molecular complexity index is 1190. The van der Waals surface area contributed by atoms with Crippen LogP contribution in [-0.2, 0) is 4.79 Å². The molecule has 0 saturated carbocycles. The molecule has 3 aromatic rings. The van der Waals surface area contributed by atoms with Gasteiger partial charge in [0.25, 0.3) is 0 Å². The minimum Gasteiger partial charge on any atom is -0.361 e. The maximum Gasteiger partial charge on any atom is 0.148 e. The summed E-state index contributed by atoms with van der Waals surface area (Å²) in [5, 5.41) is 3.45. The number of hydrogen-bond donors (Lipinski definition) is 2. The van der Waals surface area contributed by atoms with Gasteiger partial charge in [0.05, 0.1) is 5.69 Å². The van der Waals surface area contributed by atoms with E-state index in [2.05, 4.69) is 40.2 Å². The van der Waals surface area contributed by atoms with Gasteiger partial charge in [0.1, 0.15) is 11.6 Å². The molecule has 1 atom stereocenters. The summed E-state index contributed by atoms with van der Waals surface area (Å²) >= 11 is 6.10. The lowest BCUT2D eigenvalue weighted by atomic mass is 9.94. The Morgan fingerprint density at radius 2 is 2.10 bits per heavy atom. The number of carbonyl (C=O) groups excluding carboxylic acids is 1. The van der Waals surface area contributed by atoms with Gasteiger partial charge in [-0.05, 0) is 48.7 Å². The highest BCUT2D eigenvalue weighted by Gasteiger charge is 2.33. The van der Waals surface area contributed by atoms with Crippen molar-refractivity contribution in [1.82, 2.24) is 9.88 Å². The summed E-state index contributed by atoms with van der Waals surface area (Å²) in [7, 11) is 0. The topological polar surface area (TPSA) is 65.4 Å². The molecule has 0 aliphatic carbocycles. The normalized spacial score (nSPS) is 19.1. The van der Waals surface area contributed by atoms with E-state index in [0.717, 1.165) is 54.3 Å². The third-order valence-corrected chi connectivity index (χ3v) is 6.52. The molecule has 30 heavy (non-hydrogen) atoms. The number of nitrogens with two attached hydrogens (primary N) is 1. The van der Waals surface area contributed by atoms with Gasteiger partial charge in [-0.1, -0.05) is 41.9 Å². The smallest absolute Gasteiger partial charge is 0.148 e. The average Bonchev–Trinajstić information content (AvgIpc) is 3.31. The number of allylic oxidation sites excluding steroid dienone is 1. The summed E-state index contributed by atoms with van der Waals surface area (Å²) in [6, 6.07) is 13.9. The maximum absolute atomic E-state index is 11.5. The first kappa shape index (κ1) is 19.2. The van der Waals surface area contributed by atoms with Gasteiger partial charge >= 0.3 is 0 Å². The number of nitrogens with zero attached hydrogens (tertiary/aromatic N) is 2. The minimum absolute atomic E-state index is 0.00689. The monoisotopic (exact) mass is 418 g/mol. The number of benzene rings is 2. The second-order valence-corrected chi connectivity index (χ2v) is 8.37. The number of fused-ring (bicyclic) bond motifs is 2. The molecule has 1 unspecified atom stereocenters. The third-order valence-electron chi connectivity index (χ3n) is 6.28. The summed E-state index contributed by atoms with van der Waals surface area (Å²) in [6.07, 6.45) is 6.24. The van der Waals surface area contributed by atoms with Crippen LogP contribution in [0.3, 0.4) is 0 Å². The Balaban J connectivity index is 1.28. The quantitative estimate of drug-likeness (QED) is 0.484. The van der Waals surface area contributed by atoms with Crippen molar-refractivity contribution in [2.45, 2.75) is 18.8 Å². The molecule has 5 nitrogen and oxygen atoms in total. The number of aromatic amines is 1. The number of anilines is 1. The van der Waals surface area contributed by atoms with E-state index in [1.54, 1.807) is 0 Å². The Morgan fingerprint density at radius 1 is 1.23 bits per heavy atom. The van der Waals surface area contributed by atoms with Crippen LogP contribution in [0.25, 0.3) is 16.5 Å². The van der Waals surface area contributed by atoms with Crippen molar-refractivity contribution >= 4 is 39.7 Å². The van der Waals surface area contributed by atoms with E-state index in [9.17, 15) is 4.79 Å². The highest BCUT2D eigenvalue weighted by Crippen LogP contribution is 2.42. The van der Waals surface area contributed by atoms with Gasteiger partial charge < -0.3 is 4.98 Å². The van der Waals surface area contributed by atoms with Gasteiger partial charge in [-0.15, -0.1) is 0 Å². The first-order valence-corrected chi connectivity index (χ1v) is 10.6. The summed E-state index contributed by atoms with van der Waals surface area (Å²) in [5.41, 5.74) is 6.25. The molecule has 6 heteroatoms. The molecule has 0 saturated heterocycles. The van der Waals surface area contributed by atoms with Crippen molar-refractivity contribution in [2.75, 3.05) is 24.6 Å². The van der Waals surface area contributed by atoms with E-state index in [0.29, 0.717) is 5.70 Å². The zero-order valence-electron chi connectivity index (χ0n) is 16.6. The number of nitrogens with one attached hydrogen (secondary N) is 1. The van der Waals surface area contributed by atoms with Crippen LogP contribution in [0.4, 0.5) is 5.69 Å². The highest BCUT2D eigenvalue weighted by atomic mass is 35.5. The molecule has 2 aliphatic rings. The molecule has 2 aromatic carbocycles. The van der Waals surface area contributed by atoms with Crippen molar-refractivity contribution in [3.05, 3.63) is 76.6 Å². The lowest BCUT2D eigenvalue weighted by Gasteiger charge is -2.27. The molecule has 0 radical (unpaired) electrons. The number of para-hydroxylation sites is 1. The summed E-state index contributed by atoms with van der Waals surface area (Å²) in [4.78, 5) is 17.3. The second-order valence-electron chi connectivity index (χ2n) is 7.93. The van der Waals surface area contributed by atoms with Gasteiger partial charge in [-0.2, -0.15) is 0 Å². The molecular formula is C24H23ClN4O. The predicted octanol–water partition coefficient (Wildman–Crippen LogP) is 4.49. The molecule has 2 aliphatic heterocycles. The van der Waals surface area contributed by atoms with Gasteiger partial charge in [-0.3, -0.25) is 9.91 Å². The van der Waals surface area contributed by atoms with Crippen molar-refractivity contribution in [3.8, 4) is 0 Å². The van der Waals surface area contributed by atoms with Gasteiger partial charge in [-0.25, -0.2) is 10.6 Å². The number of hydrogen-bond acceptors (Lipinski definition) is 4. The maximum atomic E-state index is 11.5. The number of aromatic nitrogens is 1. The van der Waals surface area contributed by atoms with Crippen LogP contribution < -0.4 is 10.9 Å². The summed E-state index contributed by atoms with van der Waals surface area (Å²) in [5.74, 6) is 8.20. The van der Waals surface area contributed by atoms with Crippen LogP contribution in [-0.4, -0.2) is 35.5 Å². The van der Waals surface area contributed by atoms with Crippen LogP contribution in [0, 0.1) is 0 Å². The molecule has 0 amide bonds. The van der Waals surface area contributed by atoms with Crippen molar-refractivity contribution in [2.24, 2.45) is 5.84 Å². The number of rotatable bonds is 4. The van der Waals surface area contributed by atoms with Gasteiger partial charge in [0.15, 0.2) is 0 Å². The van der Waals surface area contributed by atoms with Crippen molar-refractivity contribution in [3.63, 3.8) is 0 Å². The molecule has 0 bridgehead atoms. The van der Waals surface area contributed by atoms with Crippen molar-refractivity contribution < 1.29 is 4.79 Å². The lowest BCUT2D eigenvalue weighted by Crippen LogP contribution is -2.31. The fraction of sp³-hybridized carbons (Fsp3) is 0.250. The molecule has 152 valence electrons. The molecule has 0 fully saturated rings. The molecular weight excluding hydrogens is 396 g/mol. The zero-order valence-corrected chi connectivity index (χ0v) is 17.3. The number of halogens is 1. The lowest BCUT2D eigenvalue weighted by molar-refractivity contribution is 0.293. The Hall–Kier alpha value is -2.82. The second kappa shape index (κ2) is 7.78. The SMILES string of the molecule is NN1C(=C=O)C(CCN2CC=C(c3c[nH]c4cc(Cl)ccc34)CC2)c2ccccc21. The fourth-order valence-corrected chi connectivity index (χ4v) is 4.87. The van der Waals surface area contributed by atoms with Crippen LogP contribution in [0.15, 0.2) is 60.4 Å². The molecule has 0 spiro atoms. The van der Waals surface area contributed by atoms with E-state index in [4.69, 9.17) is 17.4 Å². The average molecular weight is 419 g/mol. The Kier molecular flexibility index (Phi) is 4.97. The third kappa shape index (κ3) is 3.26. The van der Waals surface area contributed by atoms with E-state index in [1.807, 2.05) is 30.3 Å². The molecule has 3 heterocycles. The van der Waals surface area contributed by atoms with E-state index in [1.165, 1.54) is 21.5 Å². The van der Waals surface area contributed by atoms with Crippen molar-refractivity contribution in [1.29, 1.82) is 0 Å². The molecule has 1 aromatic heterocycles. The van der Waals surface area contributed by atoms with Crippen LogP contribution in [0.5, 0.6) is 0 Å². The zero-order chi connectivity index (χ0) is 20.7. The highest BCUT2D eigenvalue weighted by molar-refractivity contribution is 6.31. The fourth-order valence-electron chi connectivity index (χ4n) is 4.69. The van der Waals surface area contributed by atoms with Crippen LogP contribution in [0.1, 0.15) is 29.9 Å². The number of H-pyrrole nitrogens is 1. The van der Waals surface area contributed by atoms with Crippen LogP contribution >= 0.6 is 11.6 Å². The first-order chi connectivity index (χ1) is 14.7. The predicted molar refractivity (Wildman–Crippen MR) is 122 cm³/mol. The Morgan fingerprint density at radius 3 is 2.90 bits per heavy atom. The van der Waals surface area contributed by atoms with E-state index in [-0.39, 0.29) is 5.92 Å². The van der Waals surface area contributed by atoms with E-state index < -0.39 is 0 Å². The summed E-state index contributed by atoms with van der Waals surface area (Å²) in [6.45, 7) is 2.80. The van der Waals surface area contributed by atoms with Crippen LogP contribution in [0.2, 0.25) is 5.02 Å². The molecule has 3 N–H and O–H groups in total.